The van der Waals surface area contributed by atoms with Crippen molar-refractivity contribution in [3.63, 3.8) is 0 Å². The summed E-state index contributed by atoms with van der Waals surface area (Å²) in [5, 5.41) is 11.7. The van der Waals surface area contributed by atoms with Gasteiger partial charge in [0, 0.05) is 13.1 Å². The summed E-state index contributed by atoms with van der Waals surface area (Å²) in [6.45, 7) is 1.96. The van der Waals surface area contributed by atoms with Crippen molar-refractivity contribution in [1.82, 2.24) is 9.97 Å². The highest BCUT2D eigenvalue weighted by Crippen LogP contribution is 2.17. The molecule has 1 fully saturated rings. The minimum Gasteiger partial charge on any atom is -0.355 e. The second-order valence-electron chi connectivity index (χ2n) is 5.07. The quantitative estimate of drug-likeness (QED) is 0.938. The van der Waals surface area contributed by atoms with E-state index in [1.165, 1.54) is 6.20 Å². The van der Waals surface area contributed by atoms with Gasteiger partial charge < -0.3 is 10.2 Å². The molecule has 1 aromatic carbocycles. The molecule has 3 rings (SSSR count). The molecule has 6 nitrogen and oxygen atoms in total. The van der Waals surface area contributed by atoms with E-state index in [-0.39, 0.29) is 11.6 Å². The van der Waals surface area contributed by atoms with Gasteiger partial charge in [-0.05, 0) is 25.0 Å². The van der Waals surface area contributed by atoms with Gasteiger partial charge in [-0.3, -0.25) is 4.79 Å². The number of aromatic nitrogens is 2. The summed E-state index contributed by atoms with van der Waals surface area (Å²) in [5.41, 5.74) is 1.12. The summed E-state index contributed by atoms with van der Waals surface area (Å²) in [6.07, 6.45) is 5.41. The van der Waals surface area contributed by atoms with Crippen molar-refractivity contribution < 1.29 is 4.79 Å². The Bertz CT molecular complexity index is 714. The molecule has 1 N–H and O–H groups in total. The molecule has 110 valence electrons. The molecular weight excluding hydrogens is 278 g/mol. The molecule has 22 heavy (non-hydrogen) atoms. The van der Waals surface area contributed by atoms with Crippen molar-refractivity contribution in [1.29, 1.82) is 5.26 Å². The maximum Gasteiger partial charge on any atom is 0.275 e. The highest BCUT2D eigenvalue weighted by atomic mass is 16.1. The van der Waals surface area contributed by atoms with Crippen LogP contribution in [-0.2, 0) is 0 Å². The van der Waals surface area contributed by atoms with Crippen molar-refractivity contribution in [2.45, 2.75) is 12.8 Å². The summed E-state index contributed by atoms with van der Waals surface area (Å²) < 4.78 is 0. The van der Waals surface area contributed by atoms with Crippen LogP contribution in [0.1, 0.15) is 28.9 Å². The molecule has 0 aliphatic carbocycles. The zero-order valence-electron chi connectivity index (χ0n) is 12.0. The SMILES string of the molecule is N#Cc1ccccc1NC(=O)c1cnc(N2CCCC2)cn1. The number of anilines is 2. The number of para-hydroxylation sites is 1. The molecule has 6 heteroatoms. The van der Waals surface area contributed by atoms with Crippen LogP contribution in [0.2, 0.25) is 0 Å². The fourth-order valence-corrected chi connectivity index (χ4v) is 2.42. The van der Waals surface area contributed by atoms with Gasteiger partial charge in [-0.15, -0.1) is 0 Å². The Morgan fingerprint density at radius 2 is 1.95 bits per heavy atom. The van der Waals surface area contributed by atoms with Gasteiger partial charge in [0.05, 0.1) is 23.6 Å². The molecule has 1 saturated heterocycles. The zero-order chi connectivity index (χ0) is 15.4. The first kappa shape index (κ1) is 14.0. The Kier molecular flexibility index (Phi) is 3.97. The van der Waals surface area contributed by atoms with Gasteiger partial charge in [-0.2, -0.15) is 5.26 Å². The molecule has 0 atom stereocenters. The van der Waals surface area contributed by atoms with Crippen LogP contribution in [0.15, 0.2) is 36.7 Å². The van der Waals surface area contributed by atoms with Crippen molar-refractivity contribution in [3.8, 4) is 6.07 Å². The fraction of sp³-hybridized carbons (Fsp3) is 0.250. The summed E-state index contributed by atoms with van der Waals surface area (Å²) >= 11 is 0. The van der Waals surface area contributed by atoms with Crippen molar-refractivity contribution >= 4 is 17.4 Å². The van der Waals surface area contributed by atoms with Crippen LogP contribution in [0.3, 0.4) is 0 Å². The molecule has 1 amide bonds. The summed E-state index contributed by atoms with van der Waals surface area (Å²) in [6, 6.07) is 8.89. The van der Waals surface area contributed by atoms with Gasteiger partial charge in [0.2, 0.25) is 0 Å². The van der Waals surface area contributed by atoms with Crippen LogP contribution >= 0.6 is 0 Å². The van der Waals surface area contributed by atoms with Crippen LogP contribution < -0.4 is 10.2 Å². The van der Waals surface area contributed by atoms with Gasteiger partial charge in [-0.1, -0.05) is 12.1 Å². The summed E-state index contributed by atoms with van der Waals surface area (Å²) in [7, 11) is 0. The number of carbonyl (C=O) groups is 1. The highest BCUT2D eigenvalue weighted by Gasteiger charge is 2.15. The molecule has 1 aliphatic rings. The Hall–Kier alpha value is -2.94. The second-order valence-corrected chi connectivity index (χ2v) is 5.07. The molecule has 0 saturated carbocycles. The fourth-order valence-electron chi connectivity index (χ4n) is 2.42. The van der Waals surface area contributed by atoms with Crippen molar-refractivity contribution in [2.24, 2.45) is 0 Å². The lowest BCUT2D eigenvalue weighted by Crippen LogP contribution is -2.20. The Morgan fingerprint density at radius 3 is 2.64 bits per heavy atom. The molecule has 0 radical (unpaired) electrons. The van der Waals surface area contributed by atoms with E-state index in [1.807, 2.05) is 6.07 Å². The molecule has 0 spiro atoms. The van der Waals surface area contributed by atoms with Crippen LogP contribution in [0.4, 0.5) is 11.5 Å². The number of nitrogens with one attached hydrogen (secondary N) is 1. The van der Waals surface area contributed by atoms with Crippen LogP contribution in [-0.4, -0.2) is 29.0 Å². The third kappa shape index (κ3) is 2.88. The van der Waals surface area contributed by atoms with Gasteiger partial charge in [0.15, 0.2) is 0 Å². The molecule has 2 heterocycles. The Labute approximate surface area is 128 Å². The number of nitriles is 1. The van der Waals surface area contributed by atoms with Crippen LogP contribution in [0, 0.1) is 11.3 Å². The summed E-state index contributed by atoms with van der Waals surface area (Å²) in [4.78, 5) is 22.8. The van der Waals surface area contributed by atoms with Gasteiger partial charge in [-0.25, -0.2) is 9.97 Å². The zero-order valence-corrected chi connectivity index (χ0v) is 12.0. The Balaban J connectivity index is 1.73. The third-order valence-electron chi connectivity index (χ3n) is 3.60. The third-order valence-corrected chi connectivity index (χ3v) is 3.60. The number of benzene rings is 1. The van der Waals surface area contributed by atoms with E-state index in [9.17, 15) is 4.79 Å². The number of amides is 1. The molecule has 0 unspecified atom stereocenters. The van der Waals surface area contributed by atoms with E-state index >= 15 is 0 Å². The molecule has 1 aliphatic heterocycles. The van der Waals surface area contributed by atoms with Gasteiger partial charge in [0.1, 0.15) is 17.6 Å². The number of hydrogen-bond donors (Lipinski definition) is 1. The molecule has 1 aromatic heterocycles. The van der Waals surface area contributed by atoms with E-state index in [2.05, 4.69) is 20.2 Å². The van der Waals surface area contributed by atoms with E-state index < -0.39 is 0 Å². The van der Waals surface area contributed by atoms with Crippen molar-refractivity contribution in [2.75, 3.05) is 23.3 Å². The van der Waals surface area contributed by atoms with Crippen LogP contribution in [0.25, 0.3) is 0 Å². The highest BCUT2D eigenvalue weighted by molar-refractivity contribution is 6.03. The second kappa shape index (κ2) is 6.22. The predicted molar refractivity (Wildman–Crippen MR) is 82.6 cm³/mol. The smallest absolute Gasteiger partial charge is 0.275 e. The van der Waals surface area contributed by atoms with Gasteiger partial charge in [0.25, 0.3) is 5.91 Å². The maximum atomic E-state index is 12.2. The minimum atomic E-state index is -0.372. The standard InChI is InChI=1S/C16H15N5O/c17-9-12-5-1-2-6-13(12)20-16(22)14-10-19-15(11-18-14)21-7-3-4-8-21/h1-2,5-6,10-11H,3-4,7-8H2,(H,20,22). The largest absolute Gasteiger partial charge is 0.355 e. The molecule has 2 aromatic rings. The molecule has 0 bridgehead atoms. The monoisotopic (exact) mass is 293 g/mol. The van der Waals surface area contributed by atoms with E-state index in [1.54, 1.807) is 30.5 Å². The number of nitrogens with zero attached hydrogens (tertiary/aromatic N) is 4. The maximum absolute atomic E-state index is 12.2. The van der Waals surface area contributed by atoms with E-state index in [0.29, 0.717) is 11.3 Å². The predicted octanol–water partition coefficient (Wildman–Crippen LogP) is 2.20. The number of rotatable bonds is 3. The average molecular weight is 293 g/mol. The van der Waals surface area contributed by atoms with Crippen LogP contribution in [0.5, 0.6) is 0 Å². The first-order valence-corrected chi connectivity index (χ1v) is 7.15. The lowest BCUT2D eigenvalue weighted by atomic mass is 10.2. The van der Waals surface area contributed by atoms with E-state index in [0.717, 1.165) is 31.7 Å². The Morgan fingerprint density at radius 1 is 1.18 bits per heavy atom. The molecular formula is C16H15N5O. The van der Waals surface area contributed by atoms with E-state index in [4.69, 9.17) is 5.26 Å². The van der Waals surface area contributed by atoms with Gasteiger partial charge >= 0.3 is 0 Å². The topological polar surface area (TPSA) is 81.9 Å². The lowest BCUT2D eigenvalue weighted by Gasteiger charge is -2.15. The average Bonchev–Trinajstić information content (AvgIpc) is 3.10. The number of hydrogen-bond acceptors (Lipinski definition) is 5. The van der Waals surface area contributed by atoms with Crippen molar-refractivity contribution in [3.05, 3.63) is 47.9 Å². The normalized spacial score (nSPS) is 13.7. The minimum absolute atomic E-state index is 0.232. The first-order valence-electron chi connectivity index (χ1n) is 7.15. The first-order chi connectivity index (χ1) is 10.8. The number of carbonyl (C=O) groups excluding carboxylic acids is 1. The summed E-state index contributed by atoms with van der Waals surface area (Å²) in [5.74, 6) is 0.426. The lowest BCUT2D eigenvalue weighted by molar-refractivity contribution is 0.102.